The summed E-state index contributed by atoms with van der Waals surface area (Å²) < 4.78 is 0. The van der Waals surface area contributed by atoms with E-state index >= 15 is 0 Å². The lowest BCUT2D eigenvalue weighted by Crippen LogP contribution is -2.30. The largest absolute Gasteiger partial charge is 0.356 e. The van der Waals surface area contributed by atoms with E-state index in [1.165, 1.54) is 36.0 Å². The number of anilines is 1. The van der Waals surface area contributed by atoms with Gasteiger partial charge in [0.1, 0.15) is 10.6 Å². The van der Waals surface area contributed by atoms with Gasteiger partial charge in [0.2, 0.25) is 5.28 Å². The number of piperidine rings is 1. The van der Waals surface area contributed by atoms with Gasteiger partial charge in [-0.05, 0) is 48.4 Å². The number of halogens is 1. The molecule has 0 saturated carbocycles. The minimum Gasteiger partial charge on any atom is -0.356 e. The fraction of sp³-hybridized carbons (Fsp3) is 0.368. The van der Waals surface area contributed by atoms with E-state index in [0.29, 0.717) is 5.28 Å². The van der Waals surface area contributed by atoms with E-state index < -0.39 is 0 Å². The third-order valence-corrected chi connectivity index (χ3v) is 5.76. The van der Waals surface area contributed by atoms with E-state index in [1.807, 2.05) is 0 Å². The summed E-state index contributed by atoms with van der Waals surface area (Å²) >= 11 is 7.84. The number of nitrogens with zero attached hydrogens (tertiary/aromatic N) is 3. The Hall–Kier alpha value is -1.65. The van der Waals surface area contributed by atoms with Gasteiger partial charge in [0, 0.05) is 24.0 Å². The van der Waals surface area contributed by atoms with Crippen LogP contribution in [0.3, 0.4) is 0 Å². The second-order valence-corrected chi connectivity index (χ2v) is 7.44. The molecule has 124 valence electrons. The SMILES string of the molecule is CCc1ccc(-c2csc3nc(Cl)nc(N4CCCCC4)c23)cc1. The Kier molecular flexibility index (Phi) is 4.42. The molecule has 0 atom stereocenters. The number of rotatable bonds is 3. The quantitative estimate of drug-likeness (QED) is 0.574. The van der Waals surface area contributed by atoms with E-state index in [9.17, 15) is 0 Å². The van der Waals surface area contributed by atoms with Gasteiger partial charge in [-0.1, -0.05) is 31.2 Å². The smallest absolute Gasteiger partial charge is 0.225 e. The van der Waals surface area contributed by atoms with Gasteiger partial charge in [-0.3, -0.25) is 0 Å². The molecule has 0 radical (unpaired) electrons. The van der Waals surface area contributed by atoms with Crippen LogP contribution in [0.1, 0.15) is 31.7 Å². The Morgan fingerprint density at radius 1 is 1.08 bits per heavy atom. The zero-order valence-corrected chi connectivity index (χ0v) is 15.3. The number of hydrogen-bond acceptors (Lipinski definition) is 4. The summed E-state index contributed by atoms with van der Waals surface area (Å²) in [6, 6.07) is 8.82. The first-order chi connectivity index (χ1) is 11.8. The topological polar surface area (TPSA) is 29.0 Å². The van der Waals surface area contributed by atoms with E-state index in [4.69, 9.17) is 11.6 Å². The summed E-state index contributed by atoms with van der Waals surface area (Å²) in [4.78, 5) is 12.4. The molecule has 0 bridgehead atoms. The first-order valence-electron chi connectivity index (χ1n) is 8.55. The van der Waals surface area contributed by atoms with Gasteiger partial charge in [0.05, 0.1) is 5.39 Å². The second-order valence-electron chi connectivity index (χ2n) is 6.24. The van der Waals surface area contributed by atoms with E-state index in [0.717, 1.165) is 35.5 Å². The van der Waals surface area contributed by atoms with Crippen molar-refractivity contribution in [1.29, 1.82) is 0 Å². The van der Waals surface area contributed by atoms with E-state index in [2.05, 4.69) is 51.4 Å². The molecule has 5 heteroatoms. The van der Waals surface area contributed by atoms with Gasteiger partial charge in [0.15, 0.2) is 0 Å². The molecule has 1 aliphatic heterocycles. The molecule has 0 unspecified atom stereocenters. The van der Waals surface area contributed by atoms with Crippen LogP contribution in [0, 0.1) is 0 Å². The van der Waals surface area contributed by atoms with E-state index in [-0.39, 0.29) is 0 Å². The zero-order valence-electron chi connectivity index (χ0n) is 13.8. The predicted octanol–water partition coefficient (Wildman–Crippen LogP) is 5.56. The highest BCUT2D eigenvalue weighted by atomic mass is 35.5. The van der Waals surface area contributed by atoms with Crippen LogP contribution in [0.4, 0.5) is 5.82 Å². The Labute approximate surface area is 151 Å². The van der Waals surface area contributed by atoms with Crippen molar-refractivity contribution in [3.63, 3.8) is 0 Å². The molecule has 3 nitrogen and oxygen atoms in total. The Balaban J connectivity index is 1.86. The third kappa shape index (κ3) is 2.89. The minimum atomic E-state index is 0.345. The van der Waals surface area contributed by atoms with Crippen LogP contribution < -0.4 is 4.90 Å². The lowest BCUT2D eigenvalue weighted by Gasteiger charge is -2.28. The fourth-order valence-corrected chi connectivity index (χ4v) is 4.52. The number of fused-ring (bicyclic) bond motifs is 1. The average Bonchev–Trinajstić information content (AvgIpc) is 3.05. The molecule has 1 fully saturated rings. The number of hydrogen-bond donors (Lipinski definition) is 0. The van der Waals surface area contributed by atoms with Crippen molar-refractivity contribution in [3.8, 4) is 11.1 Å². The van der Waals surface area contributed by atoms with Crippen molar-refractivity contribution >= 4 is 39.0 Å². The first-order valence-corrected chi connectivity index (χ1v) is 9.81. The van der Waals surface area contributed by atoms with Crippen LogP contribution in [0.2, 0.25) is 5.28 Å². The van der Waals surface area contributed by atoms with Crippen LogP contribution in [-0.2, 0) is 6.42 Å². The Morgan fingerprint density at radius 3 is 2.54 bits per heavy atom. The van der Waals surface area contributed by atoms with Crippen LogP contribution in [0.5, 0.6) is 0 Å². The summed E-state index contributed by atoms with van der Waals surface area (Å²) in [5, 5.41) is 3.68. The molecule has 0 aliphatic carbocycles. The van der Waals surface area contributed by atoms with Crippen molar-refractivity contribution in [1.82, 2.24) is 9.97 Å². The van der Waals surface area contributed by atoms with Crippen molar-refractivity contribution in [2.75, 3.05) is 18.0 Å². The lowest BCUT2D eigenvalue weighted by atomic mass is 10.0. The normalized spacial score (nSPS) is 15.2. The average molecular weight is 358 g/mol. The zero-order chi connectivity index (χ0) is 16.5. The summed E-state index contributed by atoms with van der Waals surface area (Å²) in [5.41, 5.74) is 3.80. The van der Waals surface area contributed by atoms with Crippen LogP contribution in [-0.4, -0.2) is 23.1 Å². The summed E-state index contributed by atoms with van der Waals surface area (Å²) in [6.07, 6.45) is 4.79. The maximum Gasteiger partial charge on any atom is 0.225 e. The lowest BCUT2D eigenvalue weighted by molar-refractivity contribution is 0.574. The van der Waals surface area contributed by atoms with Crippen molar-refractivity contribution in [3.05, 3.63) is 40.5 Å². The van der Waals surface area contributed by atoms with Gasteiger partial charge >= 0.3 is 0 Å². The molecular weight excluding hydrogens is 338 g/mol. The fourth-order valence-electron chi connectivity index (χ4n) is 3.37. The van der Waals surface area contributed by atoms with Crippen molar-refractivity contribution in [2.45, 2.75) is 32.6 Å². The third-order valence-electron chi connectivity index (χ3n) is 4.72. The molecular formula is C19H20ClN3S. The maximum absolute atomic E-state index is 6.20. The predicted molar refractivity (Wildman–Crippen MR) is 103 cm³/mol. The molecule has 4 rings (SSSR count). The van der Waals surface area contributed by atoms with Crippen molar-refractivity contribution < 1.29 is 0 Å². The van der Waals surface area contributed by atoms with Crippen LogP contribution in [0.25, 0.3) is 21.3 Å². The van der Waals surface area contributed by atoms with Gasteiger partial charge in [0.25, 0.3) is 0 Å². The number of benzene rings is 1. The summed E-state index contributed by atoms with van der Waals surface area (Å²) in [7, 11) is 0. The molecule has 0 spiro atoms. The van der Waals surface area contributed by atoms with Gasteiger partial charge in [-0.15, -0.1) is 11.3 Å². The molecule has 3 heterocycles. The highest BCUT2D eigenvalue weighted by Crippen LogP contribution is 2.39. The van der Waals surface area contributed by atoms with E-state index in [1.54, 1.807) is 11.3 Å². The maximum atomic E-state index is 6.20. The standard InChI is InChI=1S/C19H20ClN3S/c1-2-13-6-8-14(9-7-13)15-12-24-18-16(15)17(21-19(20)22-18)23-10-4-3-5-11-23/h6-9,12H,2-5,10-11H2,1H3. The van der Waals surface area contributed by atoms with Gasteiger partial charge in [-0.25, -0.2) is 4.98 Å². The molecule has 0 N–H and O–H groups in total. The second kappa shape index (κ2) is 6.69. The van der Waals surface area contributed by atoms with Crippen molar-refractivity contribution in [2.24, 2.45) is 0 Å². The number of aromatic nitrogens is 2. The van der Waals surface area contributed by atoms with Gasteiger partial charge < -0.3 is 4.90 Å². The molecule has 0 amide bonds. The summed E-state index contributed by atoms with van der Waals surface area (Å²) in [5.74, 6) is 1.00. The summed E-state index contributed by atoms with van der Waals surface area (Å²) in [6.45, 7) is 4.28. The molecule has 1 aromatic carbocycles. The molecule has 24 heavy (non-hydrogen) atoms. The molecule has 3 aromatic rings. The van der Waals surface area contributed by atoms with Crippen LogP contribution in [0.15, 0.2) is 29.6 Å². The molecule has 1 saturated heterocycles. The Bertz CT molecular complexity index is 851. The van der Waals surface area contributed by atoms with Gasteiger partial charge in [-0.2, -0.15) is 4.98 Å². The highest BCUT2D eigenvalue weighted by Gasteiger charge is 2.20. The highest BCUT2D eigenvalue weighted by molar-refractivity contribution is 7.17. The Morgan fingerprint density at radius 2 is 1.83 bits per heavy atom. The van der Waals surface area contributed by atoms with Crippen LogP contribution >= 0.6 is 22.9 Å². The molecule has 1 aliphatic rings. The molecule has 2 aromatic heterocycles. The number of thiophene rings is 1. The number of aryl methyl sites for hydroxylation is 1. The monoisotopic (exact) mass is 357 g/mol. The first kappa shape index (κ1) is 15.9. The minimum absolute atomic E-state index is 0.345.